The van der Waals surface area contributed by atoms with Gasteiger partial charge in [0.05, 0.1) is 12.0 Å². The van der Waals surface area contributed by atoms with E-state index in [1.165, 1.54) is 19.2 Å². The number of ether oxygens (including phenoxy) is 1. The number of benzene rings is 2. The quantitative estimate of drug-likeness (QED) is 0.891. The van der Waals surface area contributed by atoms with Crippen molar-refractivity contribution in [3.05, 3.63) is 59.9 Å². The van der Waals surface area contributed by atoms with Gasteiger partial charge in [-0.05, 0) is 30.2 Å². The Morgan fingerprint density at radius 2 is 1.86 bits per heavy atom. The zero-order valence-electron chi connectivity index (χ0n) is 11.5. The highest BCUT2D eigenvalue weighted by Crippen LogP contribution is 2.20. The van der Waals surface area contributed by atoms with Crippen molar-refractivity contribution in [2.75, 3.05) is 13.7 Å². The lowest BCUT2D eigenvalue weighted by molar-refractivity contribution is 0.385. The van der Waals surface area contributed by atoms with E-state index < -0.39 is 15.8 Å². The van der Waals surface area contributed by atoms with E-state index in [-0.39, 0.29) is 17.2 Å². The minimum atomic E-state index is -3.72. The standard InChI is InChI=1S/C15H16FNO3S/c1-20-15-8-7-13(11-14(15)16)21(18,19)17-10-9-12-5-3-2-4-6-12/h2-8,11,17H,9-10H2,1H3. The summed E-state index contributed by atoms with van der Waals surface area (Å²) in [7, 11) is -2.40. The molecule has 2 aromatic carbocycles. The normalized spacial score (nSPS) is 11.3. The van der Waals surface area contributed by atoms with Gasteiger partial charge in [-0.15, -0.1) is 0 Å². The van der Waals surface area contributed by atoms with E-state index in [0.717, 1.165) is 11.6 Å². The number of hydrogen-bond acceptors (Lipinski definition) is 3. The van der Waals surface area contributed by atoms with E-state index in [1.807, 2.05) is 30.3 Å². The molecule has 0 fully saturated rings. The molecule has 1 N–H and O–H groups in total. The fourth-order valence-corrected chi connectivity index (χ4v) is 2.92. The molecule has 0 bridgehead atoms. The van der Waals surface area contributed by atoms with Gasteiger partial charge in [-0.25, -0.2) is 17.5 Å². The summed E-state index contributed by atoms with van der Waals surface area (Å²) in [6.45, 7) is 0.250. The highest BCUT2D eigenvalue weighted by molar-refractivity contribution is 7.89. The lowest BCUT2D eigenvalue weighted by Crippen LogP contribution is -2.26. The van der Waals surface area contributed by atoms with Gasteiger partial charge in [-0.2, -0.15) is 0 Å². The van der Waals surface area contributed by atoms with Crippen molar-refractivity contribution in [1.29, 1.82) is 0 Å². The zero-order chi connectivity index (χ0) is 15.3. The predicted molar refractivity (Wildman–Crippen MR) is 78.3 cm³/mol. The maximum atomic E-state index is 13.6. The Bertz CT molecular complexity index is 702. The SMILES string of the molecule is COc1ccc(S(=O)(=O)NCCc2ccccc2)cc1F. The Morgan fingerprint density at radius 1 is 1.14 bits per heavy atom. The van der Waals surface area contributed by atoms with Gasteiger partial charge in [0.2, 0.25) is 10.0 Å². The highest BCUT2D eigenvalue weighted by atomic mass is 32.2. The molecular weight excluding hydrogens is 293 g/mol. The Hall–Kier alpha value is -1.92. The molecule has 2 rings (SSSR count). The molecular formula is C15H16FNO3S. The number of rotatable bonds is 6. The molecule has 0 radical (unpaired) electrons. The summed E-state index contributed by atoms with van der Waals surface area (Å²) in [5.41, 5.74) is 1.03. The van der Waals surface area contributed by atoms with E-state index in [2.05, 4.69) is 4.72 Å². The molecule has 21 heavy (non-hydrogen) atoms. The predicted octanol–water partition coefficient (Wildman–Crippen LogP) is 2.36. The first-order valence-corrected chi connectivity index (χ1v) is 7.88. The summed E-state index contributed by atoms with van der Waals surface area (Å²) < 4.78 is 44.9. The molecule has 0 saturated carbocycles. The van der Waals surface area contributed by atoms with Crippen molar-refractivity contribution in [2.24, 2.45) is 0 Å². The minimum absolute atomic E-state index is 0.0123. The van der Waals surface area contributed by atoms with Gasteiger partial charge < -0.3 is 4.74 Å². The number of nitrogens with one attached hydrogen (secondary N) is 1. The summed E-state index contributed by atoms with van der Waals surface area (Å²) in [6, 6.07) is 13.1. The van der Waals surface area contributed by atoms with Gasteiger partial charge in [0.15, 0.2) is 11.6 Å². The van der Waals surface area contributed by atoms with Crippen molar-refractivity contribution >= 4 is 10.0 Å². The maximum Gasteiger partial charge on any atom is 0.240 e. The van der Waals surface area contributed by atoms with Gasteiger partial charge >= 0.3 is 0 Å². The number of sulfonamides is 1. The van der Waals surface area contributed by atoms with Crippen LogP contribution in [-0.2, 0) is 16.4 Å². The first kappa shape index (κ1) is 15.5. The second kappa shape index (κ2) is 6.69. The van der Waals surface area contributed by atoms with Crippen molar-refractivity contribution < 1.29 is 17.5 Å². The topological polar surface area (TPSA) is 55.4 Å². The second-order valence-corrected chi connectivity index (χ2v) is 6.20. The molecule has 112 valence electrons. The van der Waals surface area contributed by atoms with Crippen LogP contribution in [0.1, 0.15) is 5.56 Å². The molecule has 0 aliphatic heterocycles. The molecule has 0 saturated heterocycles. The summed E-state index contributed by atoms with van der Waals surface area (Å²) in [5.74, 6) is -0.693. The van der Waals surface area contributed by atoms with Crippen molar-refractivity contribution in [2.45, 2.75) is 11.3 Å². The maximum absolute atomic E-state index is 13.6. The van der Waals surface area contributed by atoms with E-state index in [1.54, 1.807) is 0 Å². The molecule has 2 aromatic rings. The van der Waals surface area contributed by atoms with Crippen LogP contribution in [0.5, 0.6) is 5.75 Å². The smallest absolute Gasteiger partial charge is 0.240 e. The number of halogens is 1. The average Bonchev–Trinajstić information content (AvgIpc) is 2.48. The van der Waals surface area contributed by atoms with Crippen LogP contribution in [0.15, 0.2) is 53.4 Å². The van der Waals surface area contributed by atoms with Gasteiger partial charge in [0.25, 0.3) is 0 Å². The Labute approximate surface area is 123 Å². The largest absolute Gasteiger partial charge is 0.494 e. The summed E-state index contributed by atoms with van der Waals surface area (Å²) >= 11 is 0. The van der Waals surface area contributed by atoms with Crippen LogP contribution >= 0.6 is 0 Å². The summed E-state index contributed by atoms with van der Waals surface area (Å²) in [6.07, 6.45) is 0.568. The van der Waals surface area contributed by atoms with Crippen LogP contribution in [0.4, 0.5) is 4.39 Å². The molecule has 0 amide bonds. The Balaban J connectivity index is 2.03. The van der Waals surface area contributed by atoms with Crippen molar-refractivity contribution in [1.82, 2.24) is 4.72 Å². The van der Waals surface area contributed by atoms with Crippen LogP contribution in [0, 0.1) is 5.82 Å². The Kier molecular flexibility index (Phi) is 4.93. The molecule has 0 spiro atoms. The van der Waals surface area contributed by atoms with Crippen LogP contribution in [-0.4, -0.2) is 22.1 Å². The zero-order valence-corrected chi connectivity index (χ0v) is 12.4. The summed E-state index contributed by atoms with van der Waals surface area (Å²) in [5, 5.41) is 0. The molecule has 0 aliphatic carbocycles. The Morgan fingerprint density at radius 3 is 2.48 bits per heavy atom. The molecule has 6 heteroatoms. The van der Waals surface area contributed by atoms with E-state index >= 15 is 0 Å². The molecule has 0 aliphatic rings. The minimum Gasteiger partial charge on any atom is -0.494 e. The first-order valence-electron chi connectivity index (χ1n) is 6.40. The fourth-order valence-electron chi connectivity index (χ4n) is 1.87. The number of methoxy groups -OCH3 is 1. The van der Waals surface area contributed by atoms with Gasteiger partial charge in [0.1, 0.15) is 0 Å². The third-order valence-corrected chi connectivity index (χ3v) is 4.44. The van der Waals surface area contributed by atoms with Crippen molar-refractivity contribution in [3.8, 4) is 5.75 Å². The third kappa shape index (κ3) is 4.03. The van der Waals surface area contributed by atoms with E-state index in [0.29, 0.717) is 6.42 Å². The molecule has 0 heterocycles. The van der Waals surface area contributed by atoms with Crippen LogP contribution in [0.2, 0.25) is 0 Å². The fraction of sp³-hybridized carbons (Fsp3) is 0.200. The second-order valence-electron chi connectivity index (χ2n) is 4.43. The third-order valence-electron chi connectivity index (χ3n) is 2.98. The van der Waals surface area contributed by atoms with Gasteiger partial charge in [-0.1, -0.05) is 30.3 Å². The molecule has 0 unspecified atom stereocenters. The highest BCUT2D eigenvalue weighted by Gasteiger charge is 2.16. The van der Waals surface area contributed by atoms with Gasteiger partial charge in [0, 0.05) is 6.54 Å². The molecule has 0 atom stereocenters. The van der Waals surface area contributed by atoms with E-state index in [9.17, 15) is 12.8 Å². The average molecular weight is 309 g/mol. The van der Waals surface area contributed by atoms with Crippen LogP contribution < -0.4 is 9.46 Å². The molecule has 4 nitrogen and oxygen atoms in total. The first-order chi connectivity index (χ1) is 10.0. The monoisotopic (exact) mass is 309 g/mol. The lowest BCUT2D eigenvalue weighted by Gasteiger charge is -2.08. The molecule has 0 aromatic heterocycles. The summed E-state index contributed by atoms with van der Waals surface area (Å²) in [4.78, 5) is -0.117. The van der Waals surface area contributed by atoms with E-state index in [4.69, 9.17) is 4.74 Å². The lowest BCUT2D eigenvalue weighted by atomic mass is 10.2. The number of hydrogen-bond donors (Lipinski definition) is 1. The van der Waals surface area contributed by atoms with Crippen LogP contribution in [0.3, 0.4) is 0 Å². The van der Waals surface area contributed by atoms with Gasteiger partial charge in [-0.3, -0.25) is 0 Å². The van der Waals surface area contributed by atoms with Crippen molar-refractivity contribution in [3.63, 3.8) is 0 Å². The van der Waals surface area contributed by atoms with Crippen LogP contribution in [0.25, 0.3) is 0 Å².